The molecule has 2 heteroatoms. The van der Waals surface area contributed by atoms with Crippen molar-refractivity contribution in [2.24, 2.45) is 0 Å². The van der Waals surface area contributed by atoms with Crippen LogP contribution >= 0.6 is 0 Å². The van der Waals surface area contributed by atoms with Crippen molar-refractivity contribution in [3.63, 3.8) is 0 Å². The second-order valence-electron chi connectivity index (χ2n) is 5.00. The number of hydrogen-bond donors (Lipinski definition) is 1. The predicted molar refractivity (Wildman–Crippen MR) is 69.3 cm³/mol. The van der Waals surface area contributed by atoms with Crippen LogP contribution in [-0.2, 0) is 6.42 Å². The lowest BCUT2D eigenvalue weighted by atomic mass is 9.85. The molecule has 0 amide bonds. The van der Waals surface area contributed by atoms with Crippen LogP contribution < -0.4 is 4.74 Å². The van der Waals surface area contributed by atoms with E-state index < -0.39 is 0 Å². The lowest BCUT2D eigenvalue weighted by molar-refractivity contribution is -0.0198. The lowest BCUT2D eigenvalue weighted by Crippen LogP contribution is -2.41. The number of benzene rings is 1. The number of hydrogen-bond acceptors (Lipinski definition) is 2. The summed E-state index contributed by atoms with van der Waals surface area (Å²) in [6.07, 6.45) is 6.55. The highest BCUT2D eigenvalue weighted by atomic mass is 16.5. The monoisotopic (exact) mass is 234 g/mol. The first kappa shape index (κ1) is 12.4. The second-order valence-corrected chi connectivity index (χ2v) is 5.00. The van der Waals surface area contributed by atoms with Gasteiger partial charge >= 0.3 is 0 Å². The minimum Gasteiger partial charge on any atom is -0.485 e. The van der Waals surface area contributed by atoms with Gasteiger partial charge < -0.3 is 9.84 Å². The van der Waals surface area contributed by atoms with Crippen LogP contribution in [0.2, 0.25) is 0 Å². The molecule has 1 aliphatic rings. The van der Waals surface area contributed by atoms with Crippen LogP contribution in [0, 0.1) is 0 Å². The van der Waals surface area contributed by atoms with E-state index in [1.165, 1.54) is 12.0 Å². The van der Waals surface area contributed by atoms with E-state index in [0.29, 0.717) is 0 Å². The highest BCUT2D eigenvalue weighted by Crippen LogP contribution is 2.32. The van der Waals surface area contributed by atoms with Crippen molar-refractivity contribution in [1.29, 1.82) is 0 Å². The summed E-state index contributed by atoms with van der Waals surface area (Å²) in [5, 5.41) is 9.60. The summed E-state index contributed by atoms with van der Waals surface area (Å²) >= 11 is 0. The Balaban J connectivity index is 2.11. The molecule has 0 heterocycles. The number of aliphatic hydroxyl groups excluding tert-OH is 1. The first-order valence-corrected chi connectivity index (χ1v) is 6.67. The third kappa shape index (κ3) is 3.01. The molecule has 2 rings (SSSR count). The van der Waals surface area contributed by atoms with Gasteiger partial charge in [-0.05, 0) is 49.8 Å². The Bertz CT molecular complexity index is 354. The van der Waals surface area contributed by atoms with E-state index in [1.807, 2.05) is 12.1 Å². The fourth-order valence-corrected chi connectivity index (χ4v) is 2.57. The molecule has 0 aromatic heterocycles. The van der Waals surface area contributed by atoms with Gasteiger partial charge in [0.25, 0.3) is 0 Å². The summed E-state index contributed by atoms with van der Waals surface area (Å²) in [6.45, 7) is 2.27. The van der Waals surface area contributed by atoms with Crippen molar-refractivity contribution in [1.82, 2.24) is 0 Å². The molecule has 1 aromatic carbocycles. The highest BCUT2D eigenvalue weighted by Gasteiger charge is 2.33. The maximum atomic E-state index is 9.60. The zero-order valence-electron chi connectivity index (χ0n) is 10.6. The van der Waals surface area contributed by atoms with Crippen molar-refractivity contribution in [2.45, 2.75) is 51.0 Å². The molecule has 1 saturated carbocycles. The van der Waals surface area contributed by atoms with Gasteiger partial charge in [0, 0.05) is 0 Å². The number of rotatable bonds is 4. The minimum absolute atomic E-state index is 0.128. The Labute approximate surface area is 104 Å². The van der Waals surface area contributed by atoms with Crippen molar-refractivity contribution >= 4 is 0 Å². The van der Waals surface area contributed by atoms with E-state index in [1.54, 1.807) is 0 Å². The standard InChI is InChI=1S/C15H22O2/c1-2-13-7-6-8-14(11-13)17-15(12-16)9-4-3-5-10-15/h6-8,11,16H,2-5,9-10,12H2,1H3. The molecule has 17 heavy (non-hydrogen) atoms. The largest absolute Gasteiger partial charge is 0.485 e. The lowest BCUT2D eigenvalue weighted by Gasteiger charge is -2.36. The van der Waals surface area contributed by atoms with E-state index in [2.05, 4.69) is 19.1 Å². The zero-order chi connectivity index (χ0) is 12.1. The second kappa shape index (κ2) is 5.54. The third-order valence-electron chi connectivity index (χ3n) is 3.69. The first-order valence-electron chi connectivity index (χ1n) is 6.67. The van der Waals surface area contributed by atoms with Gasteiger partial charge in [-0.1, -0.05) is 25.5 Å². The summed E-state index contributed by atoms with van der Waals surface area (Å²) in [5.41, 5.74) is 0.955. The molecule has 0 aliphatic heterocycles. The Morgan fingerprint density at radius 3 is 2.65 bits per heavy atom. The van der Waals surface area contributed by atoms with E-state index in [4.69, 9.17) is 4.74 Å². The van der Waals surface area contributed by atoms with Crippen molar-refractivity contribution in [3.05, 3.63) is 29.8 Å². The molecular weight excluding hydrogens is 212 g/mol. The molecule has 0 bridgehead atoms. The fourth-order valence-electron chi connectivity index (χ4n) is 2.57. The highest BCUT2D eigenvalue weighted by molar-refractivity contribution is 5.29. The van der Waals surface area contributed by atoms with E-state index in [0.717, 1.165) is 37.9 Å². The van der Waals surface area contributed by atoms with E-state index in [9.17, 15) is 5.11 Å². The number of aryl methyl sites for hydroxylation is 1. The van der Waals surface area contributed by atoms with E-state index in [-0.39, 0.29) is 12.2 Å². The topological polar surface area (TPSA) is 29.5 Å². The van der Waals surface area contributed by atoms with Gasteiger partial charge in [0.05, 0.1) is 6.61 Å². The van der Waals surface area contributed by atoms with Crippen molar-refractivity contribution in [3.8, 4) is 5.75 Å². The molecule has 1 aromatic rings. The van der Waals surface area contributed by atoms with Crippen molar-refractivity contribution in [2.75, 3.05) is 6.61 Å². The Kier molecular flexibility index (Phi) is 4.06. The van der Waals surface area contributed by atoms with Crippen LogP contribution in [0.15, 0.2) is 24.3 Å². The molecule has 94 valence electrons. The summed E-state index contributed by atoms with van der Waals surface area (Å²) in [6, 6.07) is 8.22. The summed E-state index contributed by atoms with van der Waals surface area (Å²) in [4.78, 5) is 0. The maximum Gasteiger partial charge on any atom is 0.132 e. The normalized spacial score (nSPS) is 18.9. The van der Waals surface area contributed by atoms with Crippen LogP contribution in [0.4, 0.5) is 0 Å². The molecule has 0 saturated heterocycles. The number of ether oxygens (including phenoxy) is 1. The maximum absolute atomic E-state index is 9.60. The fraction of sp³-hybridized carbons (Fsp3) is 0.600. The average Bonchev–Trinajstić information content (AvgIpc) is 2.40. The van der Waals surface area contributed by atoms with Gasteiger partial charge in [-0.15, -0.1) is 0 Å². The van der Waals surface area contributed by atoms with Crippen molar-refractivity contribution < 1.29 is 9.84 Å². The van der Waals surface area contributed by atoms with Gasteiger partial charge in [0.2, 0.25) is 0 Å². The van der Waals surface area contributed by atoms with Crippen LogP contribution in [0.3, 0.4) is 0 Å². The Morgan fingerprint density at radius 1 is 1.24 bits per heavy atom. The predicted octanol–water partition coefficient (Wildman–Crippen LogP) is 3.32. The molecule has 0 unspecified atom stereocenters. The van der Waals surface area contributed by atoms with Gasteiger partial charge in [0.15, 0.2) is 0 Å². The van der Waals surface area contributed by atoms with Crippen LogP contribution in [0.25, 0.3) is 0 Å². The number of aliphatic hydroxyl groups is 1. The van der Waals surface area contributed by atoms with Crippen LogP contribution in [0.1, 0.15) is 44.6 Å². The van der Waals surface area contributed by atoms with Gasteiger partial charge in [-0.25, -0.2) is 0 Å². The molecule has 2 nitrogen and oxygen atoms in total. The Morgan fingerprint density at radius 2 is 2.00 bits per heavy atom. The van der Waals surface area contributed by atoms with Gasteiger partial charge in [0.1, 0.15) is 11.4 Å². The summed E-state index contributed by atoms with van der Waals surface area (Å²) < 4.78 is 6.08. The minimum atomic E-state index is -0.329. The smallest absolute Gasteiger partial charge is 0.132 e. The molecule has 0 radical (unpaired) electrons. The molecule has 1 N–H and O–H groups in total. The van der Waals surface area contributed by atoms with Crippen LogP contribution in [0.5, 0.6) is 5.75 Å². The Hall–Kier alpha value is -1.02. The van der Waals surface area contributed by atoms with Crippen LogP contribution in [-0.4, -0.2) is 17.3 Å². The molecule has 0 spiro atoms. The summed E-state index contributed by atoms with van der Waals surface area (Å²) in [5.74, 6) is 0.903. The molecule has 0 atom stereocenters. The molecule has 1 aliphatic carbocycles. The molecule has 1 fully saturated rings. The quantitative estimate of drug-likeness (QED) is 0.866. The summed E-state index contributed by atoms with van der Waals surface area (Å²) in [7, 11) is 0. The molecular formula is C15H22O2. The average molecular weight is 234 g/mol. The third-order valence-corrected chi connectivity index (χ3v) is 3.69. The van der Waals surface area contributed by atoms with Gasteiger partial charge in [-0.2, -0.15) is 0 Å². The zero-order valence-corrected chi connectivity index (χ0v) is 10.6. The SMILES string of the molecule is CCc1cccc(OC2(CO)CCCCC2)c1. The van der Waals surface area contributed by atoms with E-state index >= 15 is 0 Å². The first-order chi connectivity index (χ1) is 8.28. The van der Waals surface area contributed by atoms with Gasteiger partial charge in [-0.3, -0.25) is 0 Å².